The van der Waals surface area contributed by atoms with Crippen molar-refractivity contribution in [2.75, 3.05) is 11.5 Å². The number of rotatable bonds is 7. The van der Waals surface area contributed by atoms with E-state index in [-0.39, 0.29) is 0 Å². The van der Waals surface area contributed by atoms with Crippen LogP contribution in [0.5, 0.6) is 0 Å². The molecule has 16 heavy (non-hydrogen) atoms. The van der Waals surface area contributed by atoms with E-state index >= 15 is 0 Å². The van der Waals surface area contributed by atoms with Gasteiger partial charge in [0.1, 0.15) is 0 Å². The van der Waals surface area contributed by atoms with Crippen LogP contribution in [0.2, 0.25) is 0 Å². The molecule has 1 aromatic rings. The molecule has 0 aliphatic carbocycles. The highest BCUT2D eigenvalue weighted by molar-refractivity contribution is 7.98. The van der Waals surface area contributed by atoms with Gasteiger partial charge in [-0.1, -0.05) is 35.7 Å². The van der Waals surface area contributed by atoms with Crippen molar-refractivity contribution in [2.24, 2.45) is 0 Å². The van der Waals surface area contributed by atoms with Crippen molar-refractivity contribution in [3.8, 4) is 0 Å². The topological polar surface area (TPSA) is 0 Å². The summed E-state index contributed by atoms with van der Waals surface area (Å²) in [6.45, 7) is 4.35. The first-order valence-electron chi connectivity index (χ1n) is 5.98. The lowest BCUT2D eigenvalue weighted by Crippen LogP contribution is -1.87. The molecule has 0 atom stereocenters. The Hall–Kier alpha value is -0.0800. The van der Waals surface area contributed by atoms with E-state index in [9.17, 15) is 0 Å². The maximum absolute atomic E-state index is 4.22. The van der Waals surface area contributed by atoms with E-state index in [0.29, 0.717) is 0 Å². The maximum atomic E-state index is 4.22. The van der Waals surface area contributed by atoms with E-state index in [4.69, 9.17) is 0 Å². The minimum absolute atomic E-state index is 1.03. The van der Waals surface area contributed by atoms with E-state index in [1.807, 2.05) is 11.8 Å². The van der Waals surface area contributed by atoms with Crippen LogP contribution >= 0.6 is 24.4 Å². The second kappa shape index (κ2) is 8.08. The Morgan fingerprint density at radius 3 is 2.31 bits per heavy atom. The standard InChI is InChI=1S/C14H22S2/c1-12-8-13(2)10-14(9-12)11-16-7-5-3-4-6-15/h8-10,15H,3-7,11H2,1-2H3. The monoisotopic (exact) mass is 254 g/mol. The normalized spacial score (nSPS) is 10.7. The molecule has 0 N–H and O–H groups in total. The molecule has 0 aromatic heterocycles. The summed E-state index contributed by atoms with van der Waals surface area (Å²) < 4.78 is 0. The molecule has 0 aliphatic rings. The van der Waals surface area contributed by atoms with Crippen LogP contribution in [0.4, 0.5) is 0 Å². The quantitative estimate of drug-likeness (QED) is 0.546. The third-order valence-corrected chi connectivity index (χ3v) is 3.93. The predicted molar refractivity (Wildman–Crippen MR) is 79.8 cm³/mol. The van der Waals surface area contributed by atoms with Gasteiger partial charge in [-0.05, 0) is 43.8 Å². The van der Waals surface area contributed by atoms with E-state index in [0.717, 1.165) is 11.5 Å². The van der Waals surface area contributed by atoms with Gasteiger partial charge in [-0.15, -0.1) is 0 Å². The van der Waals surface area contributed by atoms with Crippen molar-refractivity contribution in [1.82, 2.24) is 0 Å². The van der Waals surface area contributed by atoms with Crippen molar-refractivity contribution in [3.05, 3.63) is 34.9 Å². The Balaban J connectivity index is 2.21. The fourth-order valence-corrected chi connectivity index (χ4v) is 3.01. The van der Waals surface area contributed by atoms with Gasteiger partial charge in [-0.25, -0.2) is 0 Å². The van der Waals surface area contributed by atoms with Crippen LogP contribution in [0.3, 0.4) is 0 Å². The van der Waals surface area contributed by atoms with Crippen LogP contribution in [-0.4, -0.2) is 11.5 Å². The first-order valence-corrected chi connectivity index (χ1v) is 7.77. The smallest absolute Gasteiger partial charge is 0.0184 e. The molecule has 0 spiro atoms. The van der Waals surface area contributed by atoms with E-state index in [1.165, 1.54) is 41.7 Å². The van der Waals surface area contributed by atoms with Gasteiger partial charge in [-0.2, -0.15) is 24.4 Å². The molecule has 0 heterocycles. The number of thiol groups is 1. The van der Waals surface area contributed by atoms with Gasteiger partial charge >= 0.3 is 0 Å². The lowest BCUT2D eigenvalue weighted by atomic mass is 10.1. The fourth-order valence-electron chi connectivity index (χ4n) is 1.84. The average Bonchev–Trinajstić information content (AvgIpc) is 2.22. The number of hydrogen-bond acceptors (Lipinski definition) is 2. The van der Waals surface area contributed by atoms with Crippen molar-refractivity contribution in [3.63, 3.8) is 0 Å². The maximum Gasteiger partial charge on any atom is 0.0184 e. The van der Waals surface area contributed by atoms with E-state index < -0.39 is 0 Å². The zero-order chi connectivity index (χ0) is 11.8. The molecular formula is C14H22S2. The molecule has 0 nitrogen and oxygen atoms in total. The zero-order valence-electron chi connectivity index (χ0n) is 10.3. The molecule has 90 valence electrons. The van der Waals surface area contributed by atoms with Crippen LogP contribution in [0.25, 0.3) is 0 Å². The molecule has 2 heteroatoms. The third kappa shape index (κ3) is 5.86. The molecule has 1 rings (SSSR count). The van der Waals surface area contributed by atoms with Crippen molar-refractivity contribution >= 4 is 24.4 Å². The van der Waals surface area contributed by atoms with Crippen LogP contribution in [0.15, 0.2) is 18.2 Å². The number of unbranched alkanes of at least 4 members (excludes halogenated alkanes) is 2. The Bertz CT molecular complexity index is 287. The van der Waals surface area contributed by atoms with Crippen LogP contribution in [-0.2, 0) is 5.75 Å². The Morgan fingerprint density at radius 1 is 1.00 bits per heavy atom. The lowest BCUT2D eigenvalue weighted by Gasteiger charge is -2.05. The summed E-state index contributed by atoms with van der Waals surface area (Å²) in [5, 5.41) is 0. The van der Waals surface area contributed by atoms with Crippen LogP contribution < -0.4 is 0 Å². The molecule has 0 fully saturated rings. The number of aryl methyl sites for hydroxylation is 2. The van der Waals surface area contributed by atoms with Gasteiger partial charge in [0, 0.05) is 5.75 Å². The highest BCUT2D eigenvalue weighted by Crippen LogP contribution is 2.17. The first kappa shape index (κ1) is 14.0. The number of hydrogen-bond donors (Lipinski definition) is 1. The summed E-state index contributed by atoms with van der Waals surface area (Å²) >= 11 is 6.27. The summed E-state index contributed by atoms with van der Waals surface area (Å²) in [6, 6.07) is 6.84. The highest BCUT2D eigenvalue weighted by atomic mass is 32.2. The van der Waals surface area contributed by atoms with Gasteiger partial charge in [0.25, 0.3) is 0 Å². The molecular weight excluding hydrogens is 232 g/mol. The third-order valence-electron chi connectivity index (χ3n) is 2.50. The molecule has 1 aromatic carbocycles. The largest absolute Gasteiger partial charge is 0.179 e. The van der Waals surface area contributed by atoms with Gasteiger partial charge in [0.05, 0.1) is 0 Å². The molecule has 0 amide bonds. The SMILES string of the molecule is Cc1cc(C)cc(CSCCCCCS)c1. The second-order valence-corrected chi connectivity index (χ2v) is 5.89. The molecule has 0 aliphatic heterocycles. The van der Waals surface area contributed by atoms with Crippen molar-refractivity contribution in [2.45, 2.75) is 38.9 Å². The molecule has 0 saturated carbocycles. The molecule has 0 saturated heterocycles. The van der Waals surface area contributed by atoms with Gasteiger partial charge in [0.15, 0.2) is 0 Å². The summed E-state index contributed by atoms with van der Waals surface area (Å²) in [7, 11) is 0. The summed E-state index contributed by atoms with van der Waals surface area (Å²) in [4.78, 5) is 0. The highest BCUT2D eigenvalue weighted by Gasteiger charge is 1.96. The predicted octanol–water partition coefficient (Wildman–Crippen LogP) is 4.64. The zero-order valence-corrected chi connectivity index (χ0v) is 12.0. The minimum Gasteiger partial charge on any atom is -0.179 e. The summed E-state index contributed by atoms with van der Waals surface area (Å²) in [6.07, 6.45) is 3.91. The van der Waals surface area contributed by atoms with Gasteiger partial charge < -0.3 is 0 Å². The summed E-state index contributed by atoms with van der Waals surface area (Å²) in [5.74, 6) is 3.46. The Labute approximate surface area is 110 Å². The van der Waals surface area contributed by atoms with Gasteiger partial charge in [-0.3, -0.25) is 0 Å². The number of benzene rings is 1. The first-order chi connectivity index (χ1) is 7.72. The number of thioether (sulfide) groups is 1. The lowest BCUT2D eigenvalue weighted by molar-refractivity contribution is 0.787. The minimum atomic E-state index is 1.03. The summed E-state index contributed by atoms with van der Waals surface area (Å²) in [5.41, 5.74) is 4.23. The Kier molecular flexibility index (Phi) is 7.06. The van der Waals surface area contributed by atoms with Gasteiger partial charge in [0.2, 0.25) is 0 Å². The average molecular weight is 254 g/mol. The van der Waals surface area contributed by atoms with Crippen molar-refractivity contribution < 1.29 is 0 Å². The fraction of sp³-hybridized carbons (Fsp3) is 0.571. The van der Waals surface area contributed by atoms with Crippen molar-refractivity contribution in [1.29, 1.82) is 0 Å². The Morgan fingerprint density at radius 2 is 1.69 bits per heavy atom. The van der Waals surface area contributed by atoms with Crippen LogP contribution in [0, 0.1) is 13.8 Å². The second-order valence-electron chi connectivity index (χ2n) is 4.33. The molecule has 0 radical (unpaired) electrons. The van der Waals surface area contributed by atoms with Crippen LogP contribution in [0.1, 0.15) is 36.0 Å². The molecule has 0 unspecified atom stereocenters. The van der Waals surface area contributed by atoms with E-state index in [1.54, 1.807) is 0 Å². The van der Waals surface area contributed by atoms with E-state index in [2.05, 4.69) is 44.7 Å². The molecule has 0 bridgehead atoms.